The first kappa shape index (κ1) is 20.3. The van der Waals surface area contributed by atoms with E-state index in [0.29, 0.717) is 5.57 Å². The number of carbonyl (C=O) groups excluding carboxylic acids is 3. The molecule has 1 fully saturated rings. The number of tetrazole rings is 1. The highest BCUT2D eigenvalue weighted by atomic mass is 16.6. The van der Waals surface area contributed by atoms with E-state index in [1.54, 1.807) is 6.92 Å². The fraction of sp³-hybridized carbons (Fsp3) is 0.368. The largest absolute Gasteiger partial charge is 0.385 e. The van der Waals surface area contributed by atoms with Gasteiger partial charge in [0.2, 0.25) is 5.91 Å². The zero-order valence-corrected chi connectivity index (χ0v) is 16.8. The normalized spacial score (nSPS) is 23.3. The number of ether oxygens (including phenoxy) is 1. The second-order valence-electron chi connectivity index (χ2n) is 7.56. The predicted molar refractivity (Wildman–Crippen MR) is 102 cm³/mol. The first-order valence-electron chi connectivity index (χ1n) is 9.49. The summed E-state index contributed by atoms with van der Waals surface area (Å²) in [4.78, 5) is 49.5. The average Bonchev–Trinajstić information content (AvgIpc) is 3.35. The maximum atomic E-state index is 12.9. The molecule has 3 heterocycles. The Morgan fingerprint density at radius 3 is 2.48 bits per heavy atom. The minimum atomic E-state index is -0.956. The Labute approximate surface area is 175 Å². The Bertz CT molecular complexity index is 1110. The summed E-state index contributed by atoms with van der Waals surface area (Å²) >= 11 is 0. The van der Waals surface area contributed by atoms with Gasteiger partial charge in [-0.3, -0.25) is 14.9 Å². The lowest BCUT2D eigenvalue weighted by molar-refractivity contribution is -0.384. The second kappa shape index (κ2) is 7.38. The van der Waals surface area contributed by atoms with Crippen LogP contribution in [0, 0.1) is 22.0 Å². The van der Waals surface area contributed by atoms with Gasteiger partial charge in [-0.05, 0) is 42.0 Å². The molecule has 1 aromatic heterocycles. The SMILES string of the molecule is CC1=C(C(=O)OC(=O)c2ccc([N+](=O)[O-])cc2)N2C(=O)[C@H]([C@@H](C)n3cnnn3)[C@H]2[C@H]1C. The van der Waals surface area contributed by atoms with Crippen LogP contribution in [-0.4, -0.2) is 53.9 Å². The lowest BCUT2D eigenvalue weighted by Gasteiger charge is -2.47. The molecule has 2 aromatic rings. The van der Waals surface area contributed by atoms with Crippen LogP contribution in [0.4, 0.5) is 5.69 Å². The molecular weight excluding hydrogens is 408 g/mol. The molecule has 12 heteroatoms. The van der Waals surface area contributed by atoms with Crippen molar-refractivity contribution in [3.63, 3.8) is 0 Å². The van der Waals surface area contributed by atoms with Crippen LogP contribution in [0.25, 0.3) is 0 Å². The molecule has 1 amide bonds. The zero-order valence-electron chi connectivity index (χ0n) is 16.8. The molecule has 0 bridgehead atoms. The number of hydrogen-bond acceptors (Lipinski definition) is 9. The average molecular weight is 426 g/mol. The number of nitro groups is 1. The molecule has 160 valence electrons. The Balaban J connectivity index is 1.51. The number of nitro benzene ring substituents is 1. The van der Waals surface area contributed by atoms with E-state index in [9.17, 15) is 24.5 Å². The smallest absolute Gasteiger partial charge is 0.362 e. The van der Waals surface area contributed by atoms with E-state index in [4.69, 9.17) is 4.74 Å². The van der Waals surface area contributed by atoms with Crippen LogP contribution in [0.5, 0.6) is 0 Å². The van der Waals surface area contributed by atoms with Crippen LogP contribution in [0.1, 0.15) is 37.2 Å². The first-order valence-corrected chi connectivity index (χ1v) is 9.49. The zero-order chi connectivity index (χ0) is 22.4. The van der Waals surface area contributed by atoms with E-state index in [0.717, 1.165) is 12.1 Å². The Hall–Kier alpha value is -3.96. The molecule has 1 saturated heterocycles. The van der Waals surface area contributed by atoms with Crippen molar-refractivity contribution in [3.05, 3.63) is 57.5 Å². The highest BCUT2D eigenvalue weighted by Gasteiger charge is 2.60. The van der Waals surface area contributed by atoms with E-state index in [2.05, 4.69) is 15.5 Å². The summed E-state index contributed by atoms with van der Waals surface area (Å²) in [6, 6.07) is 4.10. The molecule has 4 rings (SSSR count). The van der Waals surface area contributed by atoms with Gasteiger partial charge in [0.15, 0.2) is 0 Å². The van der Waals surface area contributed by atoms with E-state index in [1.165, 1.54) is 28.0 Å². The fourth-order valence-corrected chi connectivity index (χ4v) is 4.17. The summed E-state index contributed by atoms with van der Waals surface area (Å²) in [5, 5.41) is 21.8. The maximum Gasteiger partial charge on any atom is 0.362 e. The third kappa shape index (κ3) is 3.16. The number of hydrogen-bond donors (Lipinski definition) is 0. The molecule has 31 heavy (non-hydrogen) atoms. The van der Waals surface area contributed by atoms with Crippen LogP contribution in [0.3, 0.4) is 0 Å². The summed E-state index contributed by atoms with van der Waals surface area (Å²) in [6.45, 7) is 5.45. The number of nitrogens with zero attached hydrogens (tertiary/aromatic N) is 6. The molecule has 4 atom stereocenters. The first-order chi connectivity index (χ1) is 14.7. The summed E-state index contributed by atoms with van der Waals surface area (Å²) in [5.74, 6) is -2.71. The van der Waals surface area contributed by atoms with Gasteiger partial charge in [-0.2, -0.15) is 0 Å². The Morgan fingerprint density at radius 2 is 1.90 bits per heavy atom. The van der Waals surface area contributed by atoms with Crippen molar-refractivity contribution in [1.29, 1.82) is 0 Å². The van der Waals surface area contributed by atoms with Crippen molar-refractivity contribution in [1.82, 2.24) is 25.1 Å². The maximum absolute atomic E-state index is 12.9. The van der Waals surface area contributed by atoms with E-state index in [-0.39, 0.29) is 40.9 Å². The Kier molecular flexibility index (Phi) is 4.84. The van der Waals surface area contributed by atoms with Gasteiger partial charge in [-0.25, -0.2) is 14.3 Å². The molecule has 2 aliphatic rings. The third-order valence-corrected chi connectivity index (χ3v) is 5.99. The van der Waals surface area contributed by atoms with E-state index < -0.39 is 22.8 Å². The van der Waals surface area contributed by atoms with Gasteiger partial charge in [0.25, 0.3) is 5.69 Å². The van der Waals surface area contributed by atoms with Crippen molar-refractivity contribution in [2.24, 2.45) is 11.8 Å². The molecule has 0 spiro atoms. The van der Waals surface area contributed by atoms with Crippen molar-refractivity contribution < 1.29 is 24.0 Å². The van der Waals surface area contributed by atoms with Gasteiger partial charge in [0, 0.05) is 18.1 Å². The number of esters is 2. The van der Waals surface area contributed by atoms with Crippen LogP contribution in [0.15, 0.2) is 41.9 Å². The minimum Gasteiger partial charge on any atom is -0.385 e. The number of benzene rings is 1. The van der Waals surface area contributed by atoms with E-state index >= 15 is 0 Å². The van der Waals surface area contributed by atoms with Crippen LogP contribution in [0.2, 0.25) is 0 Å². The number of rotatable bonds is 5. The molecule has 0 unspecified atom stereocenters. The van der Waals surface area contributed by atoms with Crippen molar-refractivity contribution in [2.45, 2.75) is 32.9 Å². The van der Waals surface area contributed by atoms with Gasteiger partial charge < -0.3 is 9.64 Å². The van der Waals surface area contributed by atoms with Crippen LogP contribution < -0.4 is 0 Å². The standard InChI is InChI=1S/C19H18N6O6/c1-9-10(2)16(19(28)31-18(27)12-4-6-13(7-5-12)25(29)30)24-15(9)14(17(24)26)11(3)23-8-20-21-22-23/h4-9,11,14-15H,1-3H3/t9-,11+,14+,15+/m0/s1. The van der Waals surface area contributed by atoms with Gasteiger partial charge >= 0.3 is 11.9 Å². The predicted octanol–water partition coefficient (Wildman–Crippen LogP) is 1.28. The number of amides is 1. The minimum absolute atomic E-state index is 0.0140. The molecule has 0 N–H and O–H groups in total. The molecule has 2 aliphatic heterocycles. The van der Waals surface area contributed by atoms with E-state index in [1.807, 2.05) is 13.8 Å². The highest BCUT2D eigenvalue weighted by molar-refractivity contribution is 6.06. The number of fused-ring (bicyclic) bond motifs is 1. The fourth-order valence-electron chi connectivity index (χ4n) is 4.17. The van der Waals surface area contributed by atoms with Crippen LogP contribution >= 0.6 is 0 Å². The summed E-state index contributed by atoms with van der Waals surface area (Å²) in [5.41, 5.74) is 0.493. The molecule has 0 aliphatic carbocycles. The molecule has 0 saturated carbocycles. The molecular formula is C19H18N6O6. The number of β-lactam (4-membered cyclic amide) rings is 1. The van der Waals surface area contributed by atoms with Gasteiger partial charge in [-0.1, -0.05) is 6.92 Å². The lowest BCUT2D eigenvalue weighted by Crippen LogP contribution is -2.62. The van der Waals surface area contributed by atoms with Crippen molar-refractivity contribution >= 4 is 23.5 Å². The van der Waals surface area contributed by atoms with Gasteiger partial charge in [0.05, 0.1) is 28.5 Å². The number of carbonyl (C=O) groups is 3. The third-order valence-electron chi connectivity index (χ3n) is 5.99. The topological polar surface area (TPSA) is 150 Å². The second-order valence-corrected chi connectivity index (χ2v) is 7.56. The molecule has 12 nitrogen and oxygen atoms in total. The quantitative estimate of drug-likeness (QED) is 0.226. The number of non-ortho nitro benzene ring substituents is 1. The van der Waals surface area contributed by atoms with Crippen molar-refractivity contribution in [2.75, 3.05) is 0 Å². The number of aromatic nitrogens is 4. The molecule has 0 radical (unpaired) electrons. The van der Waals surface area contributed by atoms with Gasteiger partial charge in [0.1, 0.15) is 12.0 Å². The summed E-state index contributed by atoms with van der Waals surface area (Å²) in [6.07, 6.45) is 1.43. The molecule has 1 aromatic carbocycles. The summed E-state index contributed by atoms with van der Waals surface area (Å²) < 4.78 is 6.47. The highest BCUT2D eigenvalue weighted by Crippen LogP contribution is 2.49. The Morgan fingerprint density at radius 1 is 1.23 bits per heavy atom. The summed E-state index contributed by atoms with van der Waals surface area (Å²) in [7, 11) is 0. The van der Waals surface area contributed by atoms with Crippen molar-refractivity contribution in [3.8, 4) is 0 Å². The van der Waals surface area contributed by atoms with Crippen LogP contribution in [-0.2, 0) is 14.3 Å². The lowest BCUT2D eigenvalue weighted by atomic mass is 9.77. The monoisotopic (exact) mass is 426 g/mol. The van der Waals surface area contributed by atoms with Gasteiger partial charge in [-0.15, -0.1) is 5.10 Å².